The molecular formula is C19H17N. The Bertz CT molecular complexity index is 935. The van der Waals surface area contributed by atoms with E-state index >= 15 is 0 Å². The molecule has 1 heteroatoms. The number of hydrogen-bond acceptors (Lipinski definition) is 1. The van der Waals surface area contributed by atoms with E-state index in [0.29, 0.717) is 5.92 Å². The molecule has 0 amide bonds. The van der Waals surface area contributed by atoms with Gasteiger partial charge < -0.3 is 5.73 Å². The molecule has 4 rings (SSSR count). The molecule has 98 valence electrons. The van der Waals surface area contributed by atoms with Crippen LogP contribution in [-0.4, -0.2) is 0 Å². The van der Waals surface area contributed by atoms with Crippen molar-refractivity contribution in [3.05, 3.63) is 54.1 Å². The fourth-order valence-corrected chi connectivity index (χ4v) is 3.35. The van der Waals surface area contributed by atoms with Crippen LogP contribution in [0.1, 0.15) is 25.3 Å². The van der Waals surface area contributed by atoms with Gasteiger partial charge in [0.15, 0.2) is 0 Å². The van der Waals surface area contributed by atoms with Crippen molar-refractivity contribution < 1.29 is 0 Å². The van der Waals surface area contributed by atoms with Crippen molar-refractivity contribution in [2.24, 2.45) is 0 Å². The minimum Gasteiger partial charge on any atom is -0.398 e. The van der Waals surface area contributed by atoms with Crippen LogP contribution in [0.25, 0.3) is 32.3 Å². The highest BCUT2D eigenvalue weighted by atomic mass is 14.5. The smallest absolute Gasteiger partial charge is 0.0394 e. The van der Waals surface area contributed by atoms with Gasteiger partial charge in [0.05, 0.1) is 0 Å². The molecular weight excluding hydrogens is 242 g/mol. The highest BCUT2D eigenvalue weighted by Gasteiger charge is 2.13. The van der Waals surface area contributed by atoms with Crippen molar-refractivity contribution in [2.75, 3.05) is 5.73 Å². The zero-order valence-electron chi connectivity index (χ0n) is 11.8. The van der Waals surface area contributed by atoms with Crippen LogP contribution in [0.15, 0.2) is 48.5 Å². The summed E-state index contributed by atoms with van der Waals surface area (Å²) in [6, 6.07) is 17.4. The Morgan fingerprint density at radius 3 is 1.95 bits per heavy atom. The average molecular weight is 259 g/mol. The number of nitrogens with two attached hydrogens (primary N) is 1. The first kappa shape index (κ1) is 11.5. The summed E-state index contributed by atoms with van der Waals surface area (Å²) in [4.78, 5) is 0. The third kappa shape index (κ3) is 1.38. The summed E-state index contributed by atoms with van der Waals surface area (Å²) in [5.41, 5.74) is 8.44. The van der Waals surface area contributed by atoms with Gasteiger partial charge in [-0.2, -0.15) is 0 Å². The molecule has 0 heterocycles. The van der Waals surface area contributed by atoms with Crippen LogP contribution in [0.2, 0.25) is 0 Å². The van der Waals surface area contributed by atoms with E-state index in [2.05, 4.69) is 56.3 Å². The second kappa shape index (κ2) is 3.86. The summed E-state index contributed by atoms with van der Waals surface area (Å²) in [6.07, 6.45) is 0. The molecule has 0 saturated carbocycles. The third-order valence-corrected chi connectivity index (χ3v) is 4.35. The van der Waals surface area contributed by atoms with Crippen LogP contribution in [0.5, 0.6) is 0 Å². The lowest BCUT2D eigenvalue weighted by Crippen LogP contribution is -1.93. The van der Waals surface area contributed by atoms with Gasteiger partial charge in [-0.25, -0.2) is 0 Å². The predicted octanol–water partition coefficient (Wildman–Crippen LogP) is 5.29. The largest absolute Gasteiger partial charge is 0.398 e. The van der Waals surface area contributed by atoms with Gasteiger partial charge in [0.2, 0.25) is 0 Å². The molecule has 4 aromatic rings. The van der Waals surface area contributed by atoms with Gasteiger partial charge >= 0.3 is 0 Å². The minimum atomic E-state index is 0.525. The van der Waals surface area contributed by atoms with Crippen LogP contribution in [0, 0.1) is 0 Å². The van der Waals surface area contributed by atoms with Crippen molar-refractivity contribution in [1.29, 1.82) is 0 Å². The second-order valence-corrected chi connectivity index (χ2v) is 5.89. The number of nitrogen functional groups attached to an aromatic ring is 1. The Morgan fingerprint density at radius 2 is 1.25 bits per heavy atom. The number of hydrogen-bond donors (Lipinski definition) is 1. The molecule has 0 aliphatic rings. The van der Waals surface area contributed by atoms with Crippen LogP contribution in [0.3, 0.4) is 0 Å². The highest BCUT2D eigenvalue weighted by Crippen LogP contribution is 2.39. The standard InChI is InChI=1S/C19H17N/c1-11(2)14-7-5-12-3-4-13-6-10-17(20)16-9-8-15(14)18(12)19(13)16/h3-11H,20H2,1-2H3. The minimum absolute atomic E-state index is 0.525. The van der Waals surface area contributed by atoms with Crippen molar-refractivity contribution in [1.82, 2.24) is 0 Å². The van der Waals surface area contributed by atoms with Gasteiger partial charge in [-0.05, 0) is 44.5 Å². The van der Waals surface area contributed by atoms with Crippen molar-refractivity contribution in [2.45, 2.75) is 19.8 Å². The molecule has 0 bridgehead atoms. The van der Waals surface area contributed by atoms with Crippen molar-refractivity contribution in [3.63, 3.8) is 0 Å². The Balaban J connectivity index is 2.35. The molecule has 4 aromatic carbocycles. The summed E-state index contributed by atoms with van der Waals surface area (Å²) in [5, 5.41) is 7.77. The van der Waals surface area contributed by atoms with Gasteiger partial charge in [-0.15, -0.1) is 0 Å². The predicted molar refractivity (Wildman–Crippen MR) is 88.6 cm³/mol. The van der Waals surface area contributed by atoms with Crippen molar-refractivity contribution >= 4 is 38.0 Å². The van der Waals surface area contributed by atoms with Gasteiger partial charge in [-0.3, -0.25) is 0 Å². The molecule has 0 spiro atoms. The first-order valence-corrected chi connectivity index (χ1v) is 7.12. The Labute approximate surface area is 118 Å². The van der Waals surface area contributed by atoms with Gasteiger partial charge in [0.1, 0.15) is 0 Å². The van der Waals surface area contributed by atoms with E-state index in [1.165, 1.54) is 37.9 Å². The number of anilines is 1. The SMILES string of the molecule is CC(C)c1ccc2ccc3ccc(N)c4ccc1c2c34. The maximum atomic E-state index is 6.16. The van der Waals surface area contributed by atoms with E-state index in [0.717, 1.165) is 5.69 Å². The molecule has 0 atom stereocenters. The Hall–Kier alpha value is -2.28. The molecule has 1 nitrogen and oxygen atoms in total. The van der Waals surface area contributed by atoms with Crippen LogP contribution >= 0.6 is 0 Å². The second-order valence-electron chi connectivity index (χ2n) is 5.89. The Kier molecular flexibility index (Phi) is 2.23. The first-order chi connectivity index (χ1) is 9.66. The lowest BCUT2D eigenvalue weighted by Gasteiger charge is -2.16. The van der Waals surface area contributed by atoms with Gasteiger partial charge in [0.25, 0.3) is 0 Å². The fraction of sp³-hybridized carbons (Fsp3) is 0.158. The zero-order valence-corrected chi connectivity index (χ0v) is 11.8. The lowest BCUT2D eigenvalue weighted by molar-refractivity contribution is 0.877. The number of rotatable bonds is 1. The van der Waals surface area contributed by atoms with E-state index in [9.17, 15) is 0 Å². The summed E-state index contributed by atoms with van der Waals surface area (Å²) < 4.78 is 0. The van der Waals surface area contributed by atoms with E-state index < -0.39 is 0 Å². The molecule has 0 radical (unpaired) electrons. The third-order valence-electron chi connectivity index (χ3n) is 4.35. The number of benzene rings is 4. The highest BCUT2D eigenvalue weighted by molar-refractivity contribution is 6.25. The first-order valence-electron chi connectivity index (χ1n) is 7.12. The normalized spacial score (nSPS) is 12.2. The molecule has 0 aliphatic carbocycles. The summed E-state index contributed by atoms with van der Waals surface area (Å²) in [7, 11) is 0. The lowest BCUT2D eigenvalue weighted by atomic mass is 9.88. The summed E-state index contributed by atoms with van der Waals surface area (Å²) in [5.74, 6) is 0.525. The van der Waals surface area contributed by atoms with E-state index in [4.69, 9.17) is 5.73 Å². The summed E-state index contributed by atoms with van der Waals surface area (Å²) >= 11 is 0. The van der Waals surface area contributed by atoms with Crippen molar-refractivity contribution in [3.8, 4) is 0 Å². The van der Waals surface area contributed by atoms with Gasteiger partial charge in [0, 0.05) is 11.1 Å². The molecule has 2 N–H and O–H groups in total. The molecule has 0 saturated heterocycles. The monoisotopic (exact) mass is 259 g/mol. The van der Waals surface area contributed by atoms with E-state index in [1.54, 1.807) is 0 Å². The van der Waals surface area contributed by atoms with E-state index in [-0.39, 0.29) is 0 Å². The van der Waals surface area contributed by atoms with Crippen LogP contribution < -0.4 is 5.73 Å². The molecule has 0 unspecified atom stereocenters. The van der Waals surface area contributed by atoms with Gasteiger partial charge in [-0.1, -0.05) is 56.3 Å². The quantitative estimate of drug-likeness (QED) is 0.365. The molecule has 20 heavy (non-hydrogen) atoms. The molecule has 0 aliphatic heterocycles. The molecule has 0 aromatic heterocycles. The van der Waals surface area contributed by atoms with E-state index in [1.807, 2.05) is 6.07 Å². The van der Waals surface area contributed by atoms with Crippen LogP contribution in [0.4, 0.5) is 5.69 Å². The summed E-state index contributed by atoms with van der Waals surface area (Å²) in [6.45, 7) is 4.50. The zero-order chi connectivity index (χ0) is 13.9. The fourth-order valence-electron chi connectivity index (χ4n) is 3.35. The Morgan fingerprint density at radius 1 is 0.700 bits per heavy atom. The topological polar surface area (TPSA) is 26.0 Å². The molecule has 0 fully saturated rings. The average Bonchev–Trinajstić information content (AvgIpc) is 2.46. The maximum absolute atomic E-state index is 6.16. The van der Waals surface area contributed by atoms with Crippen LogP contribution in [-0.2, 0) is 0 Å². The maximum Gasteiger partial charge on any atom is 0.0394 e.